The molecule has 0 spiro atoms. The van der Waals surface area contributed by atoms with Crippen molar-refractivity contribution in [1.82, 2.24) is 10.6 Å². The van der Waals surface area contributed by atoms with Gasteiger partial charge in [-0.05, 0) is 42.7 Å². The lowest BCUT2D eigenvalue weighted by molar-refractivity contribution is -0.124. The molecule has 3 unspecified atom stereocenters. The molecule has 27 heavy (non-hydrogen) atoms. The van der Waals surface area contributed by atoms with Crippen molar-refractivity contribution in [2.75, 3.05) is 0 Å². The molecule has 0 radical (unpaired) electrons. The molecule has 0 fully saturated rings. The van der Waals surface area contributed by atoms with Crippen LogP contribution in [0.2, 0.25) is 0 Å². The molecule has 2 aromatic carbocycles. The molecule has 6 heteroatoms. The van der Waals surface area contributed by atoms with E-state index in [1.807, 2.05) is 13.8 Å². The lowest BCUT2D eigenvalue weighted by Gasteiger charge is -2.25. The quantitative estimate of drug-likeness (QED) is 0.770. The second-order valence-corrected chi connectivity index (χ2v) is 6.61. The predicted molar refractivity (Wildman–Crippen MR) is 100 cm³/mol. The number of carbonyl (C=O) groups is 2. The number of rotatable bonds is 7. The van der Waals surface area contributed by atoms with E-state index in [9.17, 15) is 18.4 Å². The second-order valence-electron chi connectivity index (χ2n) is 6.61. The smallest absolute Gasteiger partial charge is 0.251 e. The number of halogens is 2. The third-order valence-electron chi connectivity index (χ3n) is 4.62. The Morgan fingerprint density at radius 1 is 0.963 bits per heavy atom. The van der Waals surface area contributed by atoms with Gasteiger partial charge >= 0.3 is 0 Å². The molecule has 144 valence electrons. The van der Waals surface area contributed by atoms with Crippen molar-refractivity contribution < 1.29 is 18.4 Å². The Labute approximate surface area is 158 Å². The molecule has 2 amide bonds. The number of hydrogen-bond donors (Lipinski definition) is 2. The Morgan fingerprint density at radius 3 is 2.22 bits per heavy atom. The van der Waals surface area contributed by atoms with E-state index >= 15 is 0 Å². The highest BCUT2D eigenvalue weighted by atomic mass is 19.2. The fraction of sp³-hybridized carbons (Fsp3) is 0.333. The van der Waals surface area contributed by atoms with Crippen molar-refractivity contribution in [2.45, 2.75) is 39.3 Å². The summed E-state index contributed by atoms with van der Waals surface area (Å²) in [5.41, 5.74) is 0.909. The van der Waals surface area contributed by atoms with E-state index in [2.05, 4.69) is 10.6 Å². The lowest BCUT2D eigenvalue weighted by atomic mass is 9.97. The third kappa shape index (κ3) is 5.36. The van der Waals surface area contributed by atoms with E-state index in [0.717, 1.165) is 12.1 Å². The largest absolute Gasteiger partial charge is 0.348 e. The summed E-state index contributed by atoms with van der Waals surface area (Å²) in [5, 5.41) is 5.55. The van der Waals surface area contributed by atoms with Crippen LogP contribution in [0.3, 0.4) is 0 Å². The number of benzene rings is 2. The van der Waals surface area contributed by atoms with Gasteiger partial charge in [0.1, 0.15) is 6.04 Å². The molecule has 0 aromatic heterocycles. The van der Waals surface area contributed by atoms with E-state index in [1.165, 1.54) is 6.07 Å². The molecule has 4 nitrogen and oxygen atoms in total. The third-order valence-corrected chi connectivity index (χ3v) is 4.62. The van der Waals surface area contributed by atoms with Crippen LogP contribution in [-0.4, -0.2) is 17.9 Å². The van der Waals surface area contributed by atoms with Crippen LogP contribution in [-0.2, 0) is 4.79 Å². The zero-order valence-corrected chi connectivity index (χ0v) is 15.6. The van der Waals surface area contributed by atoms with Crippen molar-refractivity contribution in [1.29, 1.82) is 0 Å². The molecule has 0 aliphatic carbocycles. The molecule has 0 heterocycles. The van der Waals surface area contributed by atoms with E-state index in [-0.39, 0.29) is 17.7 Å². The van der Waals surface area contributed by atoms with Gasteiger partial charge in [-0.1, -0.05) is 44.5 Å². The average Bonchev–Trinajstić information content (AvgIpc) is 2.67. The summed E-state index contributed by atoms with van der Waals surface area (Å²) < 4.78 is 26.5. The van der Waals surface area contributed by atoms with E-state index < -0.39 is 23.7 Å². The monoisotopic (exact) mass is 374 g/mol. The first-order valence-corrected chi connectivity index (χ1v) is 8.94. The molecule has 0 saturated carbocycles. The molecule has 2 rings (SSSR count). The molecule has 2 N–H and O–H groups in total. The number of carbonyl (C=O) groups excluding carboxylic acids is 2. The first-order chi connectivity index (χ1) is 12.8. The van der Waals surface area contributed by atoms with Crippen LogP contribution in [0.25, 0.3) is 0 Å². The molecular weight excluding hydrogens is 350 g/mol. The molecular formula is C21H24F2N2O2. The van der Waals surface area contributed by atoms with Crippen molar-refractivity contribution in [3.8, 4) is 0 Å². The van der Waals surface area contributed by atoms with Gasteiger partial charge in [-0.3, -0.25) is 9.59 Å². The van der Waals surface area contributed by atoms with Crippen LogP contribution >= 0.6 is 0 Å². The van der Waals surface area contributed by atoms with Gasteiger partial charge in [0.15, 0.2) is 11.6 Å². The number of nitrogens with one attached hydrogen (secondary N) is 2. The highest BCUT2D eigenvalue weighted by Gasteiger charge is 2.27. The van der Waals surface area contributed by atoms with Gasteiger partial charge in [-0.2, -0.15) is 0 Å². The van der Waals surface area contributed by atoms with Crippen LogP contribution in [0, 0.1) is 17.6 Å². The predicted octanol–water partition coefficient (Wildman–Crippen LogP) is 3.99. The molecule has 3 atom stereocenters. The van der Waals surface area contributed by atoms with Gasteiger partial charge in [0, 0.05) is 5.56 Å². The Hall–Kier alpha value is -2.76. The zero-order chi connectivity index (χ0) is 20.0. The Bertz CT molecular complexity index is 796. The van der Waals surface area contributed by atoms with Crippen molar-refractivity contribution in [3.05, 3.63) is 71.3 Å². The van der Waals surface area contributed by atoms with Crippen molar-refractivity contribution in [2.24, 2.45) is 5.92 Å². The summed E-state index contributed by atoms with van der Waals surface area (Å²) in [7, 11) is 0. The number of amides is 2. The highest BCUT2D eigenvalue weighted by molar-refractivity contribution is 5.97. The van der Waals surface area contributed by atoms with Gasteiger partial charge < -0.3 is 10.6 Å². The summed E-state index contributed by atoms with van der Waals surface area (Å²) in [5.74, 6) is -2.72. The normalized spacial score (nSPS) is 14.1. The van der Waals surface area contributed by atoms with Crippen LogP contribution < -0.4 is 10.6 Å². The maximum atomic E-state index is 13.4. The Balaban J connectivity index is 2.12. The summed E-state index contributed by atoms with van der Waals surface area (Å²) in [6.07, 6.45) is 0.687. The van der Waals surface area contributed by atoms with Gasteiger partial charge in [0.05, 0.1) is 6.04 Å². The van der Waals surface area contributed by atoms with E-state index in [4.69, 9.17) is 0 Å². The summed E-state index contributed by atoms with van der Waals surface area (Å²) >= 11 is 0. The first-order valence-electron chi connectivity index (χ1n) is 8.94. The maximum absolute atomic E-state index is 13.4. The van der Waals surface area contributed by atoms with Crippen LogP contribution in [0.5, 0.6) is 0 Å². The van der Waals surface area contributed by atoms with Crippen LogP contribution in [0.15, 0.2) is 48.5 Å². The standard InChI is InChI=1S/C21H24F2N2O2/c1-4-13(2)19(25-20(26)15-8-6-5-7-9-15)21(27)24-14(3)16-10-11-17(22)18(23)12-16/h5-14,19H,4H2,1-3H3,(H,24,27)(H,25,26). The van der Waals surface area contributed by atoms with E-state index in [1.54, 1.807) is 37.3 Å². The maximum Gasteiger partial charge on any atom is 0.251 e. The summed E-state index contributed by atoms with van der Waals surface area (Å²) in [4.78, 5) is 25.2. The zero-order valence-electron chi connectivity index (χ0n) is 15.6. The van der Waals surface area contributed by atoms with Crippen molar-refractivity contribution >= 4 is 11.8 Å². The van der Waals surface area contributed by atoms with Crippen LogP contribution in [0.1, 0.15) is 49.2 Å². The molecule has 2 aromatic rings. The minimum absolute atomic E-state index is 0.102. The van der Waals surface area contributed by atoms with Crippen molar-refractivity contribution in [3.63, 3.8) is 0 Å². The number of hydrogen-bond acceptors (Lipinski definition) is 2. The minimum Gasteiger partial charge on any atom is -0.348 e. The van der Waals surface area contributed by atoms with Gasteiger partial charge in [0.25, 0.3) is 5.91 Å². The van der Waals surface area contributed by atoms with Gasteiger partial charge in [-0.25, -0.2) is 8.78 Å². The molecule has 0 saturated heterocycles. The molecule has 0 bridgehead atoms. The Kier molecular flexibility index (Phi) is 7.05. The first kappa shape index (κ1) is 20.6. The molecule has 0 aliphatic rings. The Morgan fingerprint density at radius 2 is 1.63 bits per heavy atom. The average molecular weight is 374 g/mol. The van der Waals surface area contributed by atoms with Crippen LogP contribution in [0.4, 0.5) is 8.78 Å². The fourth-order valence-corrected chi connectivity index (χ4v) is 2.68. The van der Waals surface area contributed by atoms with Gasteiger partial charge in [-0.15, -0.1) is 0 Å². The SMILES string of the molecule is CCC(C)C(NC(=O)c1ccccc1)C(=O)NC(C)c1ccc(F)c(F)c1. The fourth-order valence-electron chi connectivity index (χ4n) is 2.68. The lowest BCUT2D eigenvalue weighted by Crippen LogP contribution is -2.50. The van der Waals surface area contributed by atoms with Gasteiger partial charge in [0.2, 0.25) is 5.91 Å². The summed E-state index contributed by atoms with van der Waals surface area (Å²) in [6, 6.07) is 10.9. The van der Waals surface area contributed by atoms with E-state index in [0.29, 0.717) is 17.5 Å². The molecule has 0 aliphatic heterocycles. The summed E-state index contributed by atoms with van der Waals surface area (Å²) in [6.45, 7) is 5.48. The topological polar surface area (TPSA) is 58.2 Å². The minimum atomic E-state index is -0.968. The second kappa shape index (κ2) is 9.26. The highest BCUT2D eigenvalue weighted by Crippen LogP contribution is 2.17.